The van der Waals surface area contributed by atoms with Crippen LogP contribution in [-0.4, -0.2) is 30.7 Å². The monoisotopic (exact) mass is 174 g/mol. The maximum Gasteiger partial charge on any atom is 0.220 e. The Morgan fingerprint density at radius 2 is 2.33 bits per heavy atom. The van der Waals surface area contributed by atoms with E-state index >= 15 is 0 Å². The molecule has 0 fully saturated rings. The predicted octanol–water partition coefficient (Wildman–Crippen LogP) is -0.530. The molecular formula is C8H18N2O2. The Hall–Kier alpha value is -0.610. The van der Waals surface area contributed by atoms with Crippen LogP contribution in [0.2, 0.25) is 0 Å². The van der Waals surface area contributed by atoms with Crippen LogP contribution >= 0.6 is 0 Å². The van der Waals surface area contributed by atoms with Gasteiger partial charge in [-0.25, -0.2) is 0 Å². The molecule has 0 aliphatic carbocycles. The van der Waals surface area contributed by atoms with Crippen molar-refractivity contribution in [1.82, 2.24) is 5.32 Å². The zero-order valence-corrected chi connectivity index (χ0v) is 7.55. The van der Waals surface area contributed by atoms with Crippen LogP contribution in [0.15, 0.2) is 0 Å². The first-order chi connectivity index (χ1) is 5.70. The number of aliphatic hydroxyl groups excluding tert-OH is 1. The van der Waals surface area contributed by atoms with Gasteiger partial charge in [-0.3, -0.25) is 4.79 Å². The summed E-state index contributed by atoms with van der Waals surface area (Å²) in [6.07, 6.45) is 1.09. The van der Waals surface area contributed by atoms with Crippen LogP contribution in [0.5, 0.6) is 0 Å². The number of carbonyl (C=O) groups is 1. The van der Waals surface area contributed by atoms with E-state index in [0.717, 1.165) is 0 Å². The molecule has 0 rings (SSSR count). The van der Waals surface area contributed by atoms with E-state index in [9.17, 15) is 4.79 Å². The first-order valence-electron chi connectivity index (χ1n) is 4.28. The van der Waals surface area contributed by atoms with Gasteiger partial charge in [-0.2, -0.15) is 0 Å². The van der Waals surface area contributed by atoms with Crippen molar-refractivity contribution in [2.75, 3.05) is 19.7 Å². The van der Waals surface area contributed by atoms with Gasteiger partial charge >= 0.3 is 0 Å². The molecule has 0 heterocycles. The molecule has 4 nitrogen and oxygen atoms in total. The van der Waals surface area contributed by atoms with Crippen molar-refractivity contribution in [3.63, 3.8) is 0 Å². The predicted molar refractivity (Wildman–Crippen MR) is 47.5 cm³/mol. The zero-order chi connectivity index (χ0) is 9.40. The number of nitrogens with one attached hydrogen (secondary N) is 1. The molecular weight excluding hydrogens is 156 g/mol. The van der Waals surface area contributed by atoms with Gasteiger partial charge in [-0.15, -0.1) is 0 Å². The van der Waals surface area contributed by atoms with Crippen LogP contribution in [0.4, 0.5) is 0 Å². The van der Waals surface area contributed by atoms with E-state index in [2.05, 4.69) is 5.32 Å². The molecule has 72 valence electrons. The average Bonchev–Trinajstić information content (AvgIpc) is 2.05. The molecule has 0 aromatic heterocycles. The summed E-state index contributed by atoms with van der Waals surface area (Å²) in [5.74, 6) is 0.250. The van der Waals surface area contributed by atoms with Crippen LogP contribution in [0.3, 0.4) is 0 Å². The summed E-state index contributed by atoms with van der Waals surface area (Å²) >= 11 is 0. The Bertz CT molecular complexity index is 128. The van der Waals surface area contributed by atoms with E-state index in [1.54, 1.807) is 0 Å². The van der Waals surface area contributed by atoms with Crippen molar-refractivity contribution in [3.05, 3.63) is 0 Å². The van der Waals surface area contributed by atoms with Gasteiger partial charge in [0.1, 0.15) is 0 Å². The highest BCUT2D eigenvalue weighted by Gasteiger charge is 2.05. The van der Waals surface area contributed by atoms with Crippen LogP contribution in [0.1, 0.15) is 19.8 Å². The highest BCUT2D eigenvalue weighted by molar-refractivity contribution is 5.76. The third-order valence-corrected chi connectivity index (χ3v) is 1.59. The molecule has 0 aliphatic heterocycles. The van der Waals surface area contributed by atoms with E-state index in [4.69, 9.17) is 10.8 Å². The van der Waals surface area contributed by atoms with Crippen LogP contribution < -0.4 is 11.1 Å². The lowest BCUT2D eigenvalue weighted by Crippen LogP contribution is -2.28. The second-order valence-electron chi connectivity index (χ2n) is 2.97. The van der Waals surface area contributed by atoms with Gasteiger partial charge in [0.25, 0.3) is 0 Å². The summed E-state index contributed by atoms with van der Waals surface area (Å²) in [6.45, 7) is 3.14. The maximum absolute atomic E-state index is 11.0. The fraction of sp³-hybridized carbons (Fsp3) is 0.875. The highest BCUT2D eigenvalue weighted by Crippen LogP contribution is 1.97. The number of hydrogen-bond donors (Lipinski definition) is 3. The number of hydrogen-bond acceptors (Lipinski definition) is 3. The molecule has 1 unspecified atom stereocenters. The Morgan fingerprint density at radius 3 is 2.83 bits per heavy atom. The first-order valence-corrected chi connectivity index (χ1v) is 4.28. The Labute approximate surface area is 73.1 Å². The summed E-state index contributed by atoms with van der Waals surface area (Å²) in [5.41, 5.74) is 5.36. The van der Waals surface area contributed by atoms with E-state index in [1.165, 1.54) is 0 Å². The van der Waals surface area contributed by atoms with Crippen molar-refractivity contribution in [1.29, 1.82) is 0 Å². The van der Waals surface area contributed by atoms with Gasteiger partial charge in [-0.1, -0.05) is 6.92 Å². The molecule has 1 atom stereocenters. The normalized spacial score (nSPS) is 12.6. The molecule has 0 saturated heterocycles. The topological polar surface area (TPSA) is 75.4 Å². The number of aliphatic hydroxyl groups is 1. The smallest absolute Gasteiger partial charge is 0.220 e. The molecule has 0 radical (unpaired) electrons. The van der Waals surface area contributed by atoms with Gasteiger partial charge in [0, 0.05) is 19.6 Å². The average molecular weight is 174 g/mol. The van der Waals surface area contributed by atoms with Crippen LogP contribution in [0, 0.1) is 5.92 Å². The number of amides is 1. The van der Waals surface area contributed by atoms with E-state index in [-0.39, 0.29) is 18.4 Å². The molecule has 4 N–H and O–H groups in total. The zero-order valence-electron chi connectivity index (χ0n) is 7.55. The van der Waals surface area contributed by atoms with Crippen molar-refractivity contribution in [2.24, 2.45) is 11.7 Å². The largest absolute Gasteiger partial charge is 0.396 e. The highest BCUT2D eigenvalue weighted by atomic mass is 16.3. The number of carbonyl (C=O) groups excluding carboxylic acids is 1. The van der Waals surface area contributed by atoms with Crippen molar-refractivity contribution >= 4 is 5.91 Å². The van der Waals surface area contributed by atoms with Crippen LogP contribution in [-0.2, 0) is 4.79 Å². The summed E-state index contributed by atoms with van der Waals surface area (Å²) in [6, 6.07) is 0. The lowest BCUT2D eigenvalue weighted by molar-refractivity contribution is -0.121. The molecule has 12 heavy (non-hydrogen) atoms. The van der Waals surface area contributed by atoms with E-state index in [1.807, 2.05) is 6.92 Å². The van der Waals surface area contributed by atoms with E-state index in [0.29, 0.717) is 25.9 Å². The van der Waals surface area contributed by atoms with Gasteiger partial charge in [0.15, 0.2) is 0 Å². The van der Waals surface area contributed by atoms with Crippen molar-refractivity contribution in [2.45, 2.75) is 19.8 Å². The minimum Gasteiger partial charge on any atom is -0.396 e. The van der Waals surface area contributed by atoms with Crippen molar-refractivity contribution in [3.8, 4) is 0 Å². The number of nitrogens with two attached hydrogens (primary N) is 1. The molecule has 0 aliphatic rings. The second-order valence-corrected chi connectivity index (χ2v) is 2.97. The minimum absolute atomic E-state index is 0.0152. The Balaban J connectivity index is 3.33. The molecule has 1 amide bonds. The molecule has 0 saturated carbocycles. The third-order valence-electron chi connectivity index (χ3n) is 1.59. The Morgan fingerprint density at radius 1 is 1.67 bits per heavy atom. The minimum atomic E-state index is 0.0152. The van der Waals surface area contributed by atoms with Gasteiger partial charge < -0.3 is 16.2 Å². The fourth-order valence-corrected chi connectivity index (χ4v) is 0.779. The second kappa shape index (κ2) is 7.06. The lowest BCUT2D eigenvalue weighted by Gasteiger charge is -2.08. The lowest BCUT2D eigenvalue weighted by atomic mass is 10.1. The third kappa shape index (κ3) is 6.12. The van der Waals surface area contributed by atoms with Gasteiger partial charge in [0.2, 0.25) is 5.91 Å². The SMILES string of the molecule is CC(CN)CC(=O)NCCCO. The quantitative estimate of drug-likeness (QED) is 0.474. The summed E-state index contributed by atoms with van der Waals surface area (Å²) in [4.78, 5) is 11.0. The summed E-state index contributed by atoms with van der Waals surface area (Å²) < 4.78 is 0. The fourth-order valence-electron chi connectivity index (χ4n) is 0.779. The Kier molecular flexibility index (Phi) is 6.70. The molecule has 0 bridgehead atoms. The standard InChI is InChI=1S/C8H18N2O2/c1-7(6-9)5-8(12)10-3-2-4-11/h7,11H,2-6,9H2,1H3,(H,10,12). The van der Waals surface area contributed by atoms with Crippen LogP contribution in [0.25, 0.3) is 0 Å². The molecule has 0 aromatic rings. The first kappa shape index (κ1) is 11.4. The molecule has 0 spiro atoms. The van der Waals surface area contributed by atoms with E-state index < -0.39 is 0 Å². The summed E-state index contributed by atoms with van der Waals surface area (Å²) in [5, 5.41) is 11.1. The van der Waals surface area contributed by atoms with Gasteiger partial charge in [0.05, 0.1) is 0 Å². The maximum atomic E-state index is 11.0. The molecule has 0 aromatic carbocycles. The van der Waals surface area contributed by atoms with Crippen molar-refractivity contribution < 1.29 is 9.90 Å². The molecule has 4 heteroatoms. The number of rotatable bonds is 6. The summed E-state index contributed by atoms with van der Waals surface area (Å²) in [7, 11) is 0. The van der Waals surface area contributed by atoms with Gasteiger partial charge in [-0.05, 0) is 18.9 Å².